The van der Waals surface area contributed by atoms with Gasteiger partial charge in [-0.25, -0.2) is 0 Å². The van der Waals surface area contributed by atoms with E-state index in [1.54, 1.807) is 0 Å². The lowest BCUT2D eigenvalue weighted by Gasteiger charge is -2.35. The Bertz CT molecular complexity index is 209. The Labute approximate surface area is 87.2 Å². The SMILES string of the molecule is C=CC(=O)NC(C)CC(C)(C)N(C)C. The number of hydrogen-bond donors (Lipinski definition) is 1. The normalized spacial score (nSPS) is 13.9. The summed E-state index contributed by atoms with van der Waals surface area (Å²) in [5.41, 5.74) is 0.0911. The molecule has 1 N–H and O–H groups in total. The predicted octanol–water partition coefficient (Wildman–Crippen LogP) is 1.41. The van der Waals surface area contributed by atoms with Gasteiger partial charge in [-0.05, 0) is 47.4 Å². The van der Waals surface area contributed by atoms with Gasteiger partial charge in [-0.3, -0.25) is 4.79 Å². The van der Waals surface area contributed by atoms with Gasteiger partial charge in [0.25, 0.3) is 0 Å². The number of carbonyl (C=O) groups excluding carboxylic acids is 1. The molecule has 1 unspecified atom stereocenters. The van der Waals surface area contributed by atoms with Crippen molar-refractivity contribution in [3.8, 4) is 0 Å². The summed E-state index contributed by atoms with van der Waals surface area (Å²) in [5.74, 6) is -0.105. The first-order valence-electron chi connectivity index (χ1n) is 4.90. The van der Waals surface area contributed by atoms with Crippen LogP contribution in [-0.4, -0.2) is 36.5 Å². The summed E-state index contributed by atoms with van der Waals surface area (Å²) in [6.45, 7) is 9.74. The third-order valence-electron chi connectivity index (χ3n) is 2.59. The summed E-state index contributed by atoms with van der Waals surface area (Å²) in [5, 5.41) is 2.86. The number of rotatable bonds is 5. The van der Waals surface area contributed by atoms with Crippen molar-refractivity contribution in [1.29, 1.82) is 0 Å². The minimum atomic E-state index is -0.105. The van der Waals surface area contributed by atoms with E-state index in [4.69, 9.17) is 0 Å². The monoisotopic (exact) mass is 198 g/mol. The second kappa shape index (κ2) is 5.15. The van der Waals surface area contributed by atoms with E-state index in [1.807, 2.05) is 21.0 Å². The maximum absolute atomic E-state index is 11.0. The lowest BCUT2D eigenvalue weighted by molar-refractivity contribution is -0.117. The molecule has 0 spiro atoms. The zero-order valence-electron chi connectivity index (χ0n) is 9.92. The summed E-state index contributed by atoms with van der Waals surface area (Å²) < 4.78 is 0. The fraction of sp³-hybridized carbons (Fsp3) is 0.727. The van der Waals surface area contributed by atoms with E-state index in [0.29, 0.717) is 0 Å². The molecule has 0 saturated carbocycles. The quantitative estimate of drug-likeness (QED) is 0.677. The van der Waals surface area contributed by atoms with Crippen LogP contribution in [0.2, 0.25) is 0 Å². The maximum atomic E-state index is 11.0. The Morgan fingerprint density at radius 1 is 1.57 bits per heavy atom. The highest BCUT2D eigenvalue weighted by molar-refractivity contribution is 5.87. The molecule has 0 aliphatic heterocycles. The Kier molecular flexibility index (Phi) is 4.85. The third-order valence-corrected chi connectivity index (χ3v) is 2.59. The van der Waals surface area contributed by atoms with Crippen molar-refractivity contribution in [2.75, 3.05) is 14.1 Å². The van der Waals surface area contributed by atoms with Crippen molar-refractivity contribution < 1.29 is 4.79 Å². The molecule has 82 valence electrons. The van der Waals surface area contributed by atoms with Crippen molar-refractivity contribution in [2.24, 2.45) is 0 Å². The van der Waals surface area contributed by atoms with Gasteiger partial charge in [0, 0.05) is 11.6 Å². The molecule has 3 heteroatoms. The van der Waals surface area contributed by atoms with Crippen LogP contribution in [0.1, 0.15) is 27.2 Å². The highest BCUT2D eigenvalue weighted by atomic mass is 16.1. The molecule has 0 saturated heterocycles. The highest BCUT2D eigenvalue weighted by Crippen LogP contribution is 2.17. The fourth-order valence-electron chi connectivity index (χ4n) is 1.28. The van der Waals surface area contributed by atoms with Crippen molar-refractivity contribution in [2.45, 2.75) is 38.8 Å². The predicted molar refractivity (Wildman–Crippen MR) is 60.2 cm³/mol. The van der Waals surface area contributed by atoms with Gasteiger partial charge < -0.3 is 10.2 Å². The van der Waals surface area contributed by atoms with E-state index in [1.165, 1.54) is 6.08 Å². The smallest absolute Gasteiger partial charge is 0.243 e. The van der Waals surface area contributed by atoms with Crippen LogP contribution in [-0.2, 0) is 4.79 Å². The van der Waals surface area contributed by atoms with Crippen LogP contribution in [0.5, 0.6) is 0 Å². The van der Waals surface area contributed by atoms with Gasteiger partial charge >= 0.3 is 0 Å². The number of nitrogens with zero attached hydrogens (tertiary/aromatic N) is 1. The van der Waals surface area contributed by atoms with Crippen LogP contribution in [0.4, 0.5) is 0 Å². The highest BCUT2D eigenvalue weighted by Gasteiger charge is 2.23. The first kappa shape index (κ1) is 13.2. The van der Waals surface area contributed by atoms with E-state index in [2.05, 4.69) is 30.6 Å². The molecule has 0 aliphatic carbocycles. The van der Waals surface area contributed by atoms with Crippen molar-refractivity contribution >= 4 is 5.91 Å². The van der Waals surface area contributed by atoms with Crippen LogP contribution >= 0.6 is 0 Å². The summed E-state index contributed by atoms with van der Waals surface area (Å²) >= 11 is 0. The zero-order valence-corrected chi connectivity index (χ0v) is 9.92. The van der Waals surface area contributed by atoms with Gasteiger partial charge in [0.2, 0.25) is 5.91 Å². The molecule has 1 amide bonds. The molecule has 3 nitrogen and oxygen atoms in total. The molecule has 0 aromatic heterocycles. The van der Waals surface area contributed by atoms with Gasteiger partial charge in [0.1, 0.15) is 0 Å². The van der Waals surface area contributed by atoms with E-state index in [0.717, 1.165) is 6.42 Å². The van der Waals surface area contributed by atoms with Gasteiger partial charge in [-0.2, -0.15) is 0 Å². The van der Waals surface area contributed by atoms with Crippen LogP contribution in [0, 0.1) is 0 Å². The Morgan fingerprint density at radius 2 is 2.07 bits per heavy atom. The summed E-state index contributed by atoms with van der Waals surface area (Å²) in [4.78, 5) is 13.2. The van der Waals surface area contributed by atoms with Crippen molar-refractivity contribution in [1.82, 2.24) is 10.2 Å². The topological polar surface area (TPSA) is 32.3 Å². The van der Waals surface area contributed by atoms with E-state index in [9.17, 15) is 4.79 Å². The molecule has 0 aromatic rings. The fourth-order valence-corrected chi connectivity index (χ4v) is 1.28. The Hall–Kier alpha value is -0.830. The summed E-state index contributed by atoms with van der Waals surface area (Å²) in [6.07, 6.45) is 2.22. The lowest BCUT2D eigenvalue weighted by Crippen LogP contribution is -2.44. The molecule has 0 aliphatic rings. The number of carbonyl (C=O) groups is 1. The summed E-state index contributed by atoms with van der Waals surface area (Å²) in [6, 6.07) is 0.165. The second-order valence-corrected chi connectivity index (χ2v) is 4.52. The molecule has 0 aromatic carbocycles. The van der Waals surface area contributed by atoms with Crippen molar-refractivity contribution in [3.63, 3.8) is 0 Å². The van der Waals surface area contributed by atoms with Gasteiger partial charge in [0.05, 0.1) is 0 Å². The average Bonchev–Trinajstić information content (AvgIpc) is 2.02. The molecule has 0 fully saturated rings. The van der Waals surface area contributed by atoms with Gasteiger partial charge in [-0.15, -0.1) is 0 Å². The standard InChI is InChI=1S/C11H22N2O/c1-7-10(14)12-9(2)8-11(3,4)13(5)6/h7,9H,1,8H2,2-6H3,(H,12,14). The van der Waals surface area contributed by atoms with Crippen LogP contribution in [0.3, 0.4) is 0 Å². The van der Waals surface area contributed by atoms with Crippen LogP contribution in [0.25, 0.3) is 0 Å². The zero-order chi connectivity index (χ0) is 11.4. The van der Waals surface area contributed by atoms with Crippen molar-refractivity contribution in [3.05, 3.63) is 12.7 Å². The average molecular weight is 198 g/mol. The first-order chi connectivity index (χ1) is 6.29. The molecule has 1 atom stereocenters. The lowest BCUT2D eigenvalue weighted by atomic mass is 9.95. The minimum absolute atomic E-state index is 0.0911. The second-order valence-electron chi connectivity index (χ2n) is 4.52. The Balaban J connectivity index is 4.11. The molecular formula is C11H22N2O. The third kappa shape index (κ3) is 4.42. The molecule has 0 radical (unpaired) electrons. The molecule has 0 bridgehead atoms. The van der Waals surface area contributed by atoms with Crippen LogP contribution < -0.4 is 5.32 Å². The number of hydrogen-bond acceptors (Lipinski definition) is 2. The minimum Gasteiger partial charge on any atom is -0.350 e. The maximum Gasteiger partial charge on any atom is 0.243 e. The van der Waals surface area contributed by atoms with Gasteiger partial charge in [0.15, 0.2) is 0 Å². The summed E-state index contributed by atoms with van der Waals surface area (Å²) in [7, 11) is 4.09. The molecule has 0 rings (SSSR count). The molecular weight excluding hydrogens is 176 g/mol. The van der Waals surface area contributed by atoms with Crippen LogP contribution in [0.15, 0.2) is 12.7 Å². The Morgan fingerprint density at radius 3 is 2.43 bits per heavy atom. The first-order valence-corrected chi connectivity index (χ1v) is 4.90. The number of nitrogens with one attached hydrogen (secondary N) is 1. The largest absolute Gasteiger partial charge is 0.350 e. The molecule has 0 heterocycles. The molecule has 14 heavy (non-hydrogen) atoms. The van der Waals surface area contributed by atoms with E-state index in [-0.39, 0.29) is 17.5 Å². The van der Waals surface area contributed by atoms with E-state index < -0.39 is 0 Å². The number of amides is 1. The van der Waals surface area contributed by atoms with Gasteiger partial charge in [-0.1, -0.05) is 6.58 Å². The van der Waals surface area contributed by atoms with E-state index >= 15 is 0 Å².